The largest absolute Gasteiger partial charge is 0.488 e. The smallest absolute Gasteiger partial charge is 0.165 e. The molecule has 0 amide bonds. The monoisotopic (exact) mass is 241 g/mol. The Bertz CT molecular complexity index is 368. The van der Waals surface area contributed by atoms with Crippen molar-refractivity contribution in [2.75, 3.05) is 7.05 Å². The van der Waals surface area contributed by atoms with Gasteiger partial charge in [-0.25, -0.2) is 4.39 Å². The van der Waals surface area contributed by atoms with Gasteiger partial charge in [0.2, 0.25) is 0 Å². The number of aliphatic hydroxyl groups excluding tert-OH is 1. The summed E-state index contributed by atoms with van der Waals surface area (Å²) in [5.74, 6) is -0.230. The van der Waals surface area contributed by atoms with Gasteiger partial charge in [-0.05, 0) is 45.5 Å². The Kier molecular flexibility index (Phi) is 4.90. The van der Waals surface area contributed by atoms with Crippen LogP contribution < -0.4 is 10.1 Å². The first-order valence-electron chi connectivity index (χ1n) is 5.77. The van der Waals surface area contributed by atoms with E-state index in [1.807, 2.05) is 20.8 Å². The van der Waals surface area contributed by atoms with Gasteiger partial charge in [-0.1, -0.05) is 6.07 Å². The van der Waals surface area contributed by atoms with E-state index in [1.165, 1.54) is 6.07 Å². The van der Waals surface area contributed by atoms with Crippen molar-refractivity contribution >= 4 is 0 Å². The minimum Gasteiger partial charge on any atom is -0.488 e. The molecule has 2 N–H and O–H groups in total. The van der Waals surface area contributed by atoms with Gasteiger partial charge in [-0.15, -0.1) is 0 Å². The van der Waals surface area contributed by atoms with Gasteiger partial charge in [-0.2, -0.15) is 0 Å². The average Bonchev–Trinajstić information content (AvgIpc) is 2.29. The lowest BCUT2D eigenvalue weighted by atomic mass is 10.0. The molecule has 1 rings (SSSR count). The molecule has 0 saturated heterocycles. The van der Waals surface area contributed by atoms with E-state index < -0.39 is 11.9 Å². The van der Waals surface area contributed by atoms with Crippen molar-refractivity contribution in [2.45, 2.75) is 39.0 Å². The van der Waals surface area contributed by atoms with Crippen molar-refractivity contribution in [2.24, 2.45) is 0 Å². The van der Waals surface area contributed by atoms with E-state index in [1.54, 1.807) is 19.2 Å². The summed E-state index contributed by atoms with van der Waals surface area (Å²) in [5, 5.41) is 12.8. The van der Waals surface area contributed by atoms with Crippen LogP contribution in [0.25, 0.3) is 0 Å². The van der Waals surface area contributed by atoms with Crippen LogP contribution in [0.4, 0.5) is 4.39 Å². The van der Waals surface area contributed by atoms with E-state index in [0.29, 0.717) is 5.56 Å². The predicted molar refractivity (Wildman–Crippen MR) is 65.6 cm³/mol. The Hall–Kier alpha value is -1.13. The van der Waals surface area contributed by atoms with Crippen LogP contribution in [0.15, 0.2) is 18.2 Å². The number of hydrogen-bond donors (Lipinski definition) is 2. The lowest BCUT2D eigenvalue weighted by Crippen LogP contribution is -2.28. The predicted octanol–water partition coefficient (Wildman–Crippen LogP) is 2.25. The molecule has 1 aromatic carbocycles. The van der Waals surface area contributed by atoms with Crippen molar-refractivity contribution < 1.29 is 14.2 Å². The number of nitrogens with one attached hydrogen (secondary N) is 1. The Labute approximate surface area is 102 Å². The van der Waals surface area contributed by atoms with Crippen molar-refractivity contribution in [3.8, 4) is 5.75 Å². The van der Waals surface area contributed by atoms with Gasteiger partial charge in [-0.3, -0.25) is 0 Å². The van der Waals surface area contributed by atoms with Crippen molar-refractivity contribution in [3.05, 3.63) is 29.6 Å². The maximum absolute atomic E-state index is 13.7. The van der Waals surface area contributed by atoms with Crippen LogP contribution in [0.3, 0.4) is 0 Å². The summed E-state index contributed by atoms with van der Waals surface area (Å²) < 4.78 is 19.0. The van der Waals surface area contributed by atoms with E-state index in [4.69, 9.17) is 4.74 Å². The third-order valence-corrected chi connectivity index (χ3v) is 2.59. The number of aliphatic hydroxyl groups is 1. The van der Waals surface area contributed by atoms with Crippen LogP contribution in [0, 0.1) is 5.82 Å². The molecule has 0 aliphatic carbocycles. The fourth-order valence-corrected chi connectivity index (χ4v) is 1.50. The summed E-state index contributed by atoms with van der Waals surface area (Å²) in [7, 11) is 1.75. The first-order valence-corrected chi connectivity index (χ1v) is 5.77. The molecule has 4 heteroatoms. The second-order valence-electron chi connectivity index (χ2n) is 4.38. The Morgan fingerprint density at radius 3 is 2.41 bits per heavy atom. The average molecular weight is 241 g/mol. The molecule has 0 spiro atoms. The van der Waals surface area contributed by atoms with Crippen LogP contribution in [0.2, 0.25) is 0 Å². The molecule has 0 heterocycles. The summed E-state index contributed by atoms with van der Waals surface area (Å²) in [6.45, 7) is 5.51. The summed E-state index contributed by atoms with van der Waals surface area (Å²) >= 11 is 0. The molecule has 3 nitrogen and oxygen atoms in total. The van der Waals surface area contributed by atoms with Crippen molar-refractivity contribution in [1.29, 1.82) is 0 Å². The third kappa shape index (κ3) is 3.68. The number of halogens is 1. The molecule has 0 aliphatic heterocycles. The van der Waals surface area contributed by atoms with E-state index in [0.717, 1.165) is 0 Å². The van der Waals surface area contributed by atoms with E-state index in [-0.39, 0.29) is 17.9 Å². The maximum Gasteiger partial charge on any atom is 0.165 e. The Balaban J connectivity index is 2.88. The van der Waals surface area contributed by atoms with Crippen LogP contribution in [0.1, 0.15) is 32.4 Å². The molecule has 17 heavy (non-hydrogen) atoms. The molecular weight excluding hydrogens is 221 g/mol. The molecule has 0 fully saturated rings. The fraction of sp³-hybridized carbons (Fsp3) is 0.538. The van der Waals surface area contributed by atoms with Crippen molar-refractivity contribution in [3.63, 3.8) is 0 Å². The summed E-state index contributed by atoms with van der Waals surface area (Å²) in [4.78, 5) is 0. The zero-order valence-corrected chi connectivity index (χ0v) is 10.7. The molecule has 0 aliphatic rings. The Morgan fingerprint density at radius 2 is 1.94 bits per heavy atom. The quantitative estimate of drug-likeness (QED) is 0.830. The summed E-state index contributed by atoms with van der Waals surface area (Å²) in [6, 6.07) is 4.41. The normalized spacial score (nSPS) is 14.8. The molecule has 0 radical (unpaired) electrons. The van der Waals surface area contributed by atoms with Gasteiger partial charge in [0.05, 0.1) is 12.2 Å². The molecule has 0 saturated carbocycles. The van der Waals surface area contributed by atoms with Gasteiger partial charge in [0, 0.05) is 6.04 Å². The first-order chi connectivity index (χ1) is 7.95. The topological polar surface area (TPSA) is 41.5 Å². The second kappa shape index (κ2) is 5.98. The zero-order valence-electron chi connectivity index (χ0n) is 10.7. The molecule has 2 atom stereocenters. The van der Waals surface area contributed by atoms with Crippen LogP contribution in [0.5, 0.6) is 5.75 Å². The van der Waals surface area contributed by atoms with Crippen LogP contribution >= 0.6 is 0 Å². The third-order valence-electron chi connectivity index (χ3n) is 2.59. The van der Waals surface area contributed by atoms with E-state index in [2.05, 4.69) is 5.32 Å². The molecule has 1 aromatic rings. The lowest BCUT2D eigenvalue weighted by molar-refractivity contribution is 0.139. The number of benzene rings is 1. The lowest BCUT2D eigenvalue weighted by Gasteiger charge is -2.19. The highest BCUT2D eigenvalue weighted by molar-refractivity contribution is 5.31. The molecule has 96 valence electrons. The molecule has 0 aromatic heterocycles. The molecule has 0 bridgehead atoms. The van der Waals surface area contributed by atoms with Crippen molar-refractivity contribution in [1.82, 2.24) is 5.32 Å². The standard InChI is InChI=1S/C13H20FNO2/c1-8(2)17-12-6-5-10(7-11(12)14)13(16)9(3)15-4/h5-9,13,15-16H,1-4H3. The highest BCUT2D eigenvalue weighted by Crippen LogP contribution is 2.24. The summed E-state index contributed by atoms with van der Waals surface area (Å²) in [5.41, 5.74) is 0.542. The van der Waals surface area contributed by atoms with E-state index in [9.17, 15) is 9.50 Å². The second-order valence-corrected chi connectivity index (χ2v) is 4.38. The van der Waals surface area contributed by atoms with Gasteiger partial charge < -0.3 is 15.2 Å². The number of ether oxygens (including phenoxy) is 1. The van der Waals surface area contributed by atoms with Gasteiger partial charge >= 0.3 is 0 Å². The van der Waals surface area contributed by atoms with Crippen LogP contribution in [-0.4, -0.2) is 24.3 Å². The van der Waals surface area contributed by atoms with Gasteiger partial charge in [0.25, 0.3) is 0 Å². The fourth-order valence-electron chi connectivity index (χ4n) is 1.50. The molecular formula is C13H20FNO2. The Morgan fingerprint density at radius 1 is 1.29 bits per heavy atom. The number of likely N-dealkylation sites (N-methyl/N-ethyl adjacent to an activating group) is 1. The van der Waals surface area contributed by atoms with Gasteiger partial charge in [0.15, 0.2) is 11.6 Å². The first kappa shape index (κ1) is 13.9. The zero-order chi connectivity index (χ0) is 13.0. The highest BCUT2D eigenvalue weighted by Gasteiger charge is 2.16. The highest BCUT2D eigenvalue weighted by atomic mass is 19.1. The number of rotatable bonds is 5. The van der Waals surface area contributed by atoms with E-state index >= 15 is 0 Å². The maximum atomic E-state index is 13.7. The summed E-state index contributed by atoms with van der Waals surface area (Å²) in [6.07, 6.45) is -0.806. The van der Waals surface area contributed by atoms with Crippen LogP contribution in [-0.2, 0) is 0 Å². The minimum atomic E-state index is -0.734. The number of hydrogen-bond acceptors (Lipinski definition) is 3. The van der Waals surface area contributed by atoms with Gasteiger partial charge in [0.1, 0.15) is 0 Å². The SMILES string of the molecule is CNC(C)C(O)c1ccc(OC(C)C)c(F)c1. The minimum absolute atomic E-state index is 0.0727. The molecule has 2 unspecified atom stereocenters.